The fourth-order valence-corrected chi connectivity index (χ4v) is 2.98. The summed E-state index contributed by atoms with van der Waals surface area (Å²) in [4.78, 5) is 15.6. The van der Waals surface area contributed by atoms with E-state index in [1.54, 1.807) is 7.05 Å². The predicted octanol–water partition coefficient (Wildman–Crippen LogP) is 2.42. The van der Waals surface area contributed by atoms with Gasteiger partial charge in [-0.25, -0.2) is 0 Å². The first-order valence-corrected chi connectivity index (χ1v) is 9.62. The Labute approximate surface area is 161 Å². The standard InChI is InChI=1S/C20H31N3O4/c1-5-25-17-11-15-10-14(3)27-18(15)12-16(17)13-23-20(21-4)22-9-7-8-19(24)26-6-2/h11-12,14H,5-10,13H2,1-4H3,(H2,21,22,23). The van der Waals surface area contributed by atoms with Crippen LogP contribution in [-0.2, 0) is 22.5 Å². The largest absolute Gasteiger partial charge is 0.494 e. The number of rotatable bonds is 9. The summed E-state index contributed by atoms with van der Waals surface area (Å²) >= 11 is 0. The molecule has 7 nitrogen and oxygen atoms in total. The highest BCUT2D eigenvalue weighted by Crippen LogP contribution is 2.35. The number of esters is 1. The van der Waals surface area contributed by atoms with Crippen LogP contribution in [0.1, 0.15) is 44.7 Å². The molecule has 2 N–H and O–H groups in total. The number of carbonyl (C=O) groups is 1. The van der Waals surface area contributed by atoms with Crippen molar-refractivity contribution in [1.82, 2.24) is 10.6 Å². The summed E-state index contributed by atoms with van der Waals surface area (Å²) in [6, 6.07) is 4.12. The average Bonchev–Trinajstić information content (AvgIpc) is 3.00. The molecule has 27 heavy (non-hydrogen) atoms. The van der Waals surface area contributed by atoms with Gasteiger partial charge in [-0.2, -0.15) is 0 Å². The Morgan fingerprint density at radius 1 is 1.30 bits per heavy atom. The first-order chi connectivity index (χ1) is 13.1. The van der Waals surface area contributed by atoms with E-state index >= 15 is 0 Å². The maximum atomic E-state index is 11.4. The van der Waals surface area contributed by atoms with Gasteiger partial charge in [0, 0.05) is 44.1 Å². The number of hydrogen-bond acceptors (Lipinski definition) is 5. The normalized spacial score (nSPS) is 15.7. The lowest BCUT2D eigenvalue weighted by atomic mass is 10.1. The Kier molecular flexibility index (Phi) is 8.23. The number of nitrogens with one attached hydrogen (secondary N) is 2. The topological polar surface area (TPSA) is 81.2 Å². The Balaban J connectivity index is 1.88. The van der Waals surface area contributed by atoms with E-state index in [2.05, 4.69) is 28.6 Å². The highest BCUT2D eigenvalue weighted by molar-refractivity contribution is 5.79. The van der Waals surface area contributed by atoms with Crippen LogP contribution in [-0.4, -0.2) is 44.8 Å². The van der Waals surface area contributed by atoms with Crippen molar-refractivity contribution in [3.8, 4) is 11.5 Å². The van der Waals surface area contributed by atoms with Crippen molar-refractivity contribution in [2.75, 3.05) is 26.8 Å². The first-order valence-electron chi connectivity index (χ1n) is 9.62. The third kappa shape index (κ3) is 6.34. The maximum Gasteiger partial charge on any atom is 0.305 e. The third-order valence-corrected chi connectivity index (χ3v) is 4.20. The van der Waals surface area contributed by atoms with Crippen LogP contribution in [0.25, 0.3) is 0 Å². The molecule has 1 aliphatic heterocycles. The second-order valence-corrected chi connectivity index (χ2v) is 6.39. The van der Waals surface area contributed by atoms with Crippen molar-refractivity contribution in [2.24, 2.45) is 4.99 Å². The van der Waals surface area contributed by atoms with Crippen LogP contribution >= 0.6 is 0 Å². The molecule has 0 amide bonds. The zero-order chi connectivity index (χ0) is 19.6. The molecule has 0 bridgehead atoms. The second-order valence-electron chi connectivity index (χ2n) is 6.39. The number of benzene rings is 1. The number of hydrogen-bond donors (Lipinski definition) is 2. The minimum Gasteiger partial charge on any atom is -0.494 e. The van der Waals surface area contributed by atoms with Gasteiger partial charge < -0.3 is 24.8 Å². The predicted molar refractivity (Wildman–Crippen MR) is 105 cm³/mol. The van der Waals surface area contributed by atoms with E-state index in [0.717, 1.165) is 23.5 Å². The lowest BCUT2D eigenvalue weighted by molar-refractivity contribution is -0.143. The van der Waals surface area contributed by atoms with Gasteiger partial charge in [0.05, 0.1) is 13.2 Å². The van der Waals surface area contributed by atoms with Crippen molar-refractivity contribution >= 4 is 11.9 Å². The zero-order valence-electron chi connectivity index (χ0n) is 16.8. The summed E-state index contributed by atoms with van der Waals surface area (Å²) in [6.07, 6.45) is 2.19. The molecule has 7 heteroatoms. The lowest BCUT2D eigenvalue weighted by Gasteiger charge is -2.15. The first kappa shape index (κ1) is 20.9. The van der Waals surface area contributed by atoms with Crippen molar-refractivity contribution in [3.63, 3.8) is 0 Å². The SMILES string of the molecule is CCOC(=O)CCCNC(=NC)NCc1cc2c(cc1OCC)CC(C)O2. The van der Waals surface area contributed by atoms with E-state index in [4.69, 9.17) is 14.2 Å². The number of carbonyl (C=O) groups excluding carboxylic acids is 1. The van der Waals surface area contributed by atoms with E-state index < -0.39 is 0 Å². The fourth-order valence-electron chi connectivity index (χ4n) is 2.98. The summed E-state index contributed by atoms with van der Waals surface area (Å²) in [6.45, 7) is 8.10. The van der Waals surface area contributed by atoms with Crippen LogP contribution in [0.5, 0.6) is 11.5 Å². The molecule has 1 atom stereocenters. The quantitative estimate of drug-likeness (QED) is 0.298. The van der Waals surface area contributed by atoms with Gasteiger partial charge in [0.1, 0.15) is 17.6 Å². The van der Waals surface area contributed by atoms with Crippen LogP contribution in [0.2, 0.25) is 0 Å². The van der Waals surface area contributed by atoms with Crippen LogP contribution in [0.4, 0.5) is 0 Å². The van der Waals surface area contributed by atoms with Crippen molar-refractivity contribution in [1.29, 1.82) is 0 Å². The van der Waals surface area contributed by atoms with Crippen LogP contribution in [0, 0.1) is 0 Å². The molecule has 0 radical (unpaired) electrons. The summed E-state index contributed by atoms with van der Waals surface area (Å²) in [5.41, 5.74) is 2.22. The molecule has 150 valence electrons. The van der Waals surface area contributed by atoms with E-state index in [-0.39, 0.29) is 12.1 Å². The van der Waals surface area contributed by atoms with Gasteiger partial charge >= 0.3 is 5.97 Å². The molecule has 1 heterocycles. The number of nitrogens with zero attached hydrogens (tertiary/aromatic N) is 1. The van der Waals surface area contributed by atoms with Crippen molar-refractivity contribution in [3.05, 3.63) is 23.3 Å². The number of ether oxygens (including phenoxy) is 3. The molecule has 0 spiro atoms. The van der Waals surface area contributed by atoms with Gasteiger partial charge in [0.25, 0.3) is 0 Å². The molecule has 2 rings (SSSR count). The highest BCUT2D eigenvalue weighted by Gasteiger charge is 2.21. The average molecular weight is 377 g/mol. The minimum atomic E-state index is -0.170. The highest BCUT2D eigenvalue weighted by atomic mass is 16.5. The zero-order valence-corrected chi connectivity index (χ0v) is 16.8. The molecule has 1 aliphatic rings. The monoisotopic (exact) mass is 377 g/mol. The Bertz CT molecular complexity index is 661. The van der Waals surface area contributed by atoms with Crippen molar-refractivity contribution in [2.45, 2.75) is 52.7 Å². The van der Waals surface area contributed by atoms with Crippen molar-refractivity contribution < 1.29 is 19.0 Å². The molecule has 0 saturated heterocycles. The molecule has 0 fully saturated rings. The van der Waals surface area contributed by atoms with E-state index in [1.807, 2.05) is 19.9 Å². The molecular formula is C20H31N3O4. The van der Waals surface area contributed by atoms with Crippen LogP contribution in [0.3, 0.4) is 0 Å². The lowest BCUT2D eigenvalue weighted by Crippen LogP contribution is -2.37. The van der Waals surface area contributed by atoms with E-state index in [1.165, 1.54) is 5.56 Å². The smallest absolute Gasteiger partial charge is 0.305 e. The van der Waals surface area contributed by atoms with Gasteiger partial charge in [0.15, 0.2) is 5.96 Å². The van der Waals surface area contributed by atoms with Crippen LogP contribution in [0.15, 0.2) is 17.1 Å². The maximum absolute atomic E-state index is 11.4. The van der Waals surface area contributed by atoms with Gasteiger partial charge in [-0.3, -0.25) is 9.79 Å². The molecule has 1 unspecified atom stereocenters. The molecule has 1 aromatic carbocycles. The summed E-state index contributed by atoms with van der Waals surface area (Å²) < 4.78 is 16.6. The third-order valence-electron chi connectivity index (χ3n) is 4.20. The van der Waals surface area contributed by atoms with Gasteiger partial charge in [-0.05, 0) is 39.3 Å². The molecule has 0 aliphatic carbocycles. The molecule has 0 saturated carbocycles. The molecular weight excluding hydrogens is 346 g/mol. The van der Waals surface area contributed by atoms with Gasteiger partial charge in [0.2, 0.25) is 0 Å². The minimum absolute atomic E-state index is 0.170. The Morgan fingerprint density at radius 3 is 2.81 bits per heavy atom. The second kappa shape index (κ2) is 10.6. The van der Waals surface area contributed by atoms with Crippen LogP contribution < -0.4 is 20.1 Å². The van der Waals surface area contributed by atoms with E-state index in [9.17, 15) is 4.79 Å². The molecule has 0 aromatic heterocycles. The Morgan fingerprint density at radius 2 is 2.11 bits per heavy atom. The van der Waals surface area contributed by atoms with Gasteiger partial charge in [-0.15, -0.1) is 0 Å². The number of guanidine groups is 1. The number of fused-ring (bicyclic) bond motifs is 1. The molecule has 1 aromatic rings. The van der Waals surface area contributed by atoms with Gasteiger partial charge in [-0.1, -0.05) is 0 Å². The summed E-state index contributed by atoms with van der Waals surface area (Å²) in [7, 11) is 1.72. The Hall–Kier alpha value is -2.44. The number of aliphatic imine (C=N–C) groups is 1. The summed E-state index contributed by atoms with van der Waals surface area (Å²) in [5, 5.41) is 6.49. The summed E-state index contributed by atoms with van der Waals surface area (Å²) in [5.74, 6) is 2.31. The fraction of sp³-hybridized carbons (Fsp3) is 0.600. The van der Waals surface area contributed by atoms with E-state index in [0.29, 0.717) is 45.1 Å².